The van der Waals surface area contributed by atoms with Crippen molar-refractivity contribution in [3.05, 3.63) is 95.9 Å². The molecule has 0 spiro atoms. The van der Waals surface area contributed by atoms with Gasteiger partial charge in [0.1, 0.15) is 11.3 Å². The van der Waals surface area contributed by atoms with E-state index >= 15 is 0 Å². The van der Waals surface area contributed by atoms with E-state index < -0.39 is 5.54 Å². The molecule has 2 atom stereocenters. The molecule has 2 unspecified atom stereocenters. The number of carbonyl (C=O) groups is 2. The quantitative estimate of drug-likeness (QED) is 0.236. The summed E-state index contributed by atoms with van der Waals surface area (Å²) in [6, 6.07) is 20.2. The molecule has 0 saturated heterocycles. The van der Waals surface area contributed by atoms with Crippen molar-refractivity contribution in [2.45, 2.75) is 63.5 Å². The first-order valence-corrected chi connectivity index (χ1v) is 13.8. The molecule has 4 aromatic rings. The summed E-state index contributed by atoms with van der Waals surface area (Å²) < 4.78 is 0. The van der Waals surface area contributed by atoms with Crippen molar-refractivity contribution in [2.24, 2.45) is 5.92 Å². The van der Waals surface area contributed by atoms with Gasteiger partial charge in [-0.2, -0.15) is 0 Å². The SMILES string of the molecule is CC(Cc1c[nH]c2ccccc12)(NC(=O)Cc1cccc(O)c1)C(=O)NC(c1ccccn1)C1CCCCC1. The molecule has 1 aliphatic rings. The molecule has 0 radical (unpaired) electrons. The Labute approximate surface area is 229 Å². The minimum Gasteiger partial charge on any atom is -0.508 e. The first kappa shape index (κ1) is 26.5. The molecular weight excluding hydrogens is 488 g/mol. The fraction of sp³-hybridized carbons (Fsp3) is 0.344. The fourth-order valence-corrected chi connectivity index (χ4v) is 5.80. The van der Waals surface area contributed by atoms with Gasteiger partial charge in [0.2, 0.25) is 11.8 Å². The summed E-state index contributed by atoms with van der Waals surface area (Å²) in [7, 11) is 0. The number of amides is 2. The molecule has 202 valence electrons. The highest BCUT2D eigenvalue weighted by Gasteiger charge is 2.39. The van der Waals surface area contributed by atoms with E-state index in [-0.39, 0.29) is 35.9 Å². The number of pyridine rings is 1. The summed E-state index contributed by atoms with van der Waals surface area (Å²) in [6.45, 7) is 1.79. The normalized spacial score (nSPS) is 16.3. The molecule has 0 aliphatic heterocycles. The van der Waals surface area contributed by atoms with E-state index in [9.17, 15) is 14.7 Å². The molecule has 0 bridgehead atoms. The molecule has 1 saturated carbocycles. The first-order chi connectivity index (χ1) is 18.9. The van der Waals surface area contributed by atoms with Crippen molar-refractivity contribution < 1.29 is 14.7 Å². The third kappa shape index (κ3) is 6.30. The van der Waals surface area contributed by atoms with E-state index in [4.69, 9.17) is 0 Å². The zero-order valence-corrected chi connectivity index (χ0v) is 22.3. The number of aromatic nitrogens is 2. The van der Waals surface area contributed by atoms with Crippen LogP contribution in [-0.2, 0) is 22.4 Å². The second-order valence-electron chi connectivity index (χ2n) is 10.9. The Morgan fingerprint density at radius 2 is 1.85 bits per heavy atom. The van der Waals surface area contributed by atoms with E-state index in [0.717, 1.165) is 47.8 Å². The minimum atomic E-state index is -1.22. The maximum atomic E-state index is 14.2. The zero-order valence-electron chi connectivity index (χ0n) is 22.3. The van der Waals surface area contributed by atoms with Crippen LogP contribution < -0.4 is 10.6 Å². The first-order valence-electron chi connectivity index (χ1n) is 13.8. The molecule has 7 heteroatoms. The van der Waals surface area contributed by atoms with Gasteiger partial charge in [0.05, 0.1) is 18.2 Å². The van der Waals surface area contributed by atoms with Gasteiger partial charge in [-0.3, -0.25) is 14.6 Å². The van der Waals surface area contributed by atoms with Gasteiger partial charge in [-0.1, -0.05) is 55.7 Å². The number of fused-ring (bicyclic) bond motifs is 1. The van der Waals surface area contributed by atoms with Crippen molar-refractivity contribution in [3.63, 3.8) is 0 Å². The second kappa shape index (κ2) is 11.7. The summed E-state index contributed by atoms with van der Waals surface area (Å²) in [5.41, 5.74) is 2.23. The molecule has 2 heterocycles. The Hall–Kier alpha value is -4.13. The predicted octanol–water partition coefficient (Wildman–Crippen LogP) is 5.37. The molecule has 7 nitrogen and oxygen atoms in total. The zero-order chi connectivity index (χ0) is 27.2. The van der Waals surface area contributed by atoms with Gasteiger partial charge in [-0.05, 0) is 67.1 Å². The van der Waals surface area contributed by atoms with Crippen LogP contribution in [0.1, 0.15) is 61.9 Å². The number of carbonyl (C=O) groups excluding carboxylic acids is 2. The summed E-state index contributed by atoms with van der Waals surface area (Å²) in [6.07, 6.45) is 9.59. The van der Waals surface area contributed by atoms with Crippen molar-refractivity contribution in [1.82, 2.24) is 20.6 Å². The number of aromatic hydroxyl groups is 1. The molecule has 4 N–H and O–H groups in total. The smallest absolute Gasteiger partial charge is 0.246 e. The minimum absolute atomic E-state index is 0.0530. The van der Waals surface area contributed by atoms with E-state index in [1.54, 1.807) is 37.4 Å². The molecule has 2 aromatic carbocycles. The van der Waals surface area contributed by atoms with Crippen LogP contribution in [0.3, 0.4) is 0 Å². The lowest BCUT2D eigenvalue weighted by Crippen LogP contribution is -2.59. The highest BCUT2D eigenvalue weighted by Crippen LogP contribution is 2.34. The van der Waals surface area contributed by atoms with Crippen molar-refractivity contribution >= 4 is 22.7 Å². The van der Waals surface area contributed by atoms with Gasteiger partial charge in [0.15, 0.2) is 0 Å². The van der Waals surface area contributed by atoms with Crippen molar-refractivity contribution in [1.29, 1.82) is 0 Å². The largest absolute Gasteiger partial charge is 0.508 e. The number of nitrogens with zero attached hydrogens (tertiary/aromatic N) is 1. The highest BCUT2D eigenvalue weighted by atomic mass is 16.3. The predicted molar refractivity (Wildman–Crippen MR) is 152 cm³/mol. The third-order valence-corrected chi connectivity index (χ3v) is 7.82. The molecule has 2 amide bonds. The number of H-pyrrole nitrogens is 1. The Morgan fingerprint density at radius 1 is 1.05 bits per heavy atom. The molecule has 39 heavy (non-hydrogen) atoms. The highest BCUT2D eigenvalue weighted by molar-refractivity contribution is 5.93. The summed E-state index contributed by atoms with van der Waals surface area (Å²) >= 11 is 0. The fourth-order valence-electron chi connectivity index (χ4n) is 5.80. The van der Waals surface area contributed by atoms with E-state index in [2.05, 4.69) is 20.6 Å². The number of phenols is 1. The molecule has 1 fully saturated rings. The Bertz CT molecular complexity index is 1430. The van der Waals surface area contributed by atoms with Gasteiger partial charge in [-0.15, -0.1) is 0 Å². The number of aromatic amines is 1. The lowest BCUT2D eigenvalue weighted by atomic mass is 9.81. The average Bonchev–Trinajstić information content (AvgIpc) is 3.34. The standard InChI is InChI=1S/C32H36N4O3/c1-32(20-24-21-34-27-15-6-5-14-26(24)27,36-29(38)19-22-10-9-13-25(37)18-22)31(39)35-30(23-11-3-2-4-12-23)28-16-7-8-17-33-28/h5-10,13-18,21,23,30,34,37H,2-4,11-12,19-20H2,1H3,(H,35,39)(H,36,38). The summed E-state index contributed by atoms with van der Waals surface area (Å²) in [5, 5.41) is 17.2. The van der Waals surface area contributed by atoms with Crippen LogP contribution in [-0.4, -0.2) is 32.4 Å². The number of phenolic OH excluding ortho intramolecular Hbond substituents is 1. The van der Waals surface area contributed by atoms with Crippen molar-refractivity contribution in [3.8, 4) is 5.75 Å². The maximum Gasteiger partial charge on any atom is 0.246 e. The second-order valence-corrected chi connectivity index (χ2v) is 10.9. The van der Waals surface area contributed by atoms with Crippen molar-refractivity contribution in [2.75, 3.05) is 0 Å². The van der Waals surface area contributed by atoms with Crippen LogP contribution in [0.25, 0.3) is 10.9 Å². The van der Waals surface area contributed by atoms with E-state index in [1.165, 1.54) is 6.42 Å². The van der Waals surface area contributed by atoms with Crippen LogP contribution in [0, 0.1) is 5.92 Å². The average molecular weight is 525 g/mol. The van der Waals surface area contributed by atoms with Crippen LogP contribution >= 0.6 is 0 Å². The van der Waals surface area contributed by atoms with Crippen LogP contribution in [0.15, 0.2) is 79.1 Å². The lowest BCUT2D eigenvalue weighted by molar-refractivity contribution is -0.133. The van der Waals surface area contributed by atoms with E-state index in [0.29, 0.717) is 12.0 Å². The summed E-state index contributed by atoms with van der Waals surface area (Å²) in [5.74, 6) is -0.133. The van der Waals surface area contributed by atoms with Gasteiger partial charge in [0.25, 0.3) is 0 Å². The number of nitrogens with one attached hydrogen (secondary N) is 3. The number of hydrogen-bond acceptors (Lipinski definition) is 4. The van der Waals surface area contributed by atoms with Gasteiger partial charge in [0, 0.05) is 29.7 Å². The molecule has 5 rings (SSSR count). The van der Waals surface area contributed by atoms with Crippen LogP contribution in [0.2, 0.25) is 0 Å². The number of hydrogen-bond donors (Lipinski definition) is 4. The maximum absolute atomic E-state index is 14.2. The monoisotopic (exact) mass is 524 g/mol. The molecule has 1 aliphatic carbocycles. The Balaban J connectivity index is 1.44. The molecule has 2 aromatic heterocycles. The van der Waals surface area contributed by atoms with E-state index in [1.807, 2.05) is 48.7 Å². The third-order valence-electron chi connectivity index (χ3n) is 7.82. The number of para-hydroxylation sites is 1. The Kier molecular flexibility index (Phi) is 7.96. The number of benzene rings is 2. The van der Waals surface area contributed by atoms with Gasteiger partial charge in [-0.25, -0.2) is 0 Å². The van der Waals surface area contributed by atoms with Gasteiger partial charge < -0.3 is 20.7 Å². The van der Waals surface area contributed by atoms with Gasteiger partial charge >= 0.3 is 0 Å². The summed E-state index contributed by atoms with van der Waals surface area (Å²) in [4.78, 5) is 35.4. The molecular formula is C32H36N4O3. The Morgan fingerprint density at radius 3 is 2.62 bits per heavy atom. The topological polar surface area (TPSA) is 107 Å². The van der Waals surface area contributed by atoms with Crippen LogP contribution in [0.4, 0.5) is 0 Å². The van der Waals surface area contributed by atoms with Crippen LogP contribution in [0.5, 0.6) is 5.75 Å². The lowest BCUT2D eigenvalue weighted by Gasteiger charge is -2.35. The number of rotatable bonds is 9.